The van der Waals surface area contributed by atoms with Crippen LogP contribution in [0.1, 0.15) is 24.1 Å². The Morgan fingerprint density at radius 1 is 1.12 bits per heavy atom. The summed E-state index contributed by atoms with van der Waals surface area (Å²) in [5, 5.41) is 7.73. The van der Waals surface area contributed by atoms with E-state index in [0.29, 0.717) is 6.61 Å². The number of ether oxygens (including phenoxy) is 1. The molecule has 1 atom stereocenters. The van der Waals surface area contributed by atoms with Crippen molar-refractivity contribution in [3.8, 4) is 5.75 Å². The number of rotatable bonds is 4. The van der Waals surface area contributed by atoms with Crippen molar-refractivity contribution < 1.29 is 4.74 Å². The number of fused-ring (bicyclic) bond motifs is 1. The molecule has 0 spiro atoms. The molecule has 2 aromatic carbocycles. The lowest BCUT2D eigenvalue weighted by Gasteiger charge is -2.24. The zero-order valence-corrected chi connectivity index (χ0v) is 15.3. The van der Waals surface area contributed by atoms with Gasteiger partial charge in [0, 0.05) is 10.2 Å². The number of aromatic nitrogens is 3. The highest BCUT2D eigenvalue weighted by atomic mass is 79.9. The minimum absolute atomic E-state index is 0.00609. The van der Waals surface area contributed by atoms with Gasteiger partial charge < -0.3 is 10.1 Å². The first-order chi connectivity index (χ1) is 12.2. The highest BCUT2D eigenvalue weighted by Crippen LogP contribution is 2.32. The second kappa shape index (κ2) is 6.72. The number of nitrogens with zero attached hydrogens (tertiary/aromatic N) is 3. The summed E-state index contributed by atoms with van der Waals surface area (Å²) in [7, 11) is 0. The van der Waals surface area contributed by atoms with E-state index in [1.54, 1.807) is 6.33 Å². The molecule has 4 rings (SSSR count). The molecule has 1 aliphatic heterocycles. The van der Waals surface area contributed by atoms with Crippen LogP contribution in [0.25, 0.3) is 5.70 Å². The quantitative estimate of drug-likeness (QED) is 0.705. The van der Waals surface area contributed by atoms with Gasteiger partial charge in [-0.2, -0.15) is 10.1 Å². The third-order valence-electron chi connectivity index (χ3n) is 4.10. The summed E-state index contributed by atoms with van der Waals surface area (Å²) in [6.45, 7) is 2.64. The Balaban J connectivity index is 1.72. The lowest BCUT2D eigenvalue weighted by Crippen LogP contribution is -2.20. The maximum atomic E-state index is 5.52. The monoisotopic (exact) mass is 396 g/mol. The molecule has 1 unspecified atom stereocenters. The molecule has 0 fully saturated rings. The molecule has 5 nitrogen and oxygen atoms in total. The third-order valence-corrected chi connectivity index (χ3v) is 4.62. The predicted molar refractivity (Wildman–Crippen MR) is 102 cm³/mol. The average molecular weight is 397 g/mol. The van der Waals surface area contributed by atoms with Crippen molar-refractivity contribution in [2.24, 2.45) is 0 Å². The minimum Gasteiger partial charge on any atom is -0.494 e. The van der Waals surface area contributed by atoms with E-state index in [-0.39, 0.29) is 6.04 Å². The molecule has 0 radical (unpaired) electrons. The van der Waals surface area contributed by atoms with Gasteiger partial charge in [0.25, 0.3) is 0 Å². The van der Waals surface area contributed by atoms with Crippen molar-refractivity contribution >= 4 is 27.6 Å². The van der Waals surface area contributed by atoms with Crippen LogP contribution in [0.4, 0.5) is 5.95 Å². The van der Waals surface area contributed by atoms with Crippen LogP contribution < -0.4 is 10.1 Å². The van der Waals surface area contributed by atoms with Crippen LogP contribution >= 0.6 is 15.9 Å². The fourth-order valence-electron chi connectivity index (χ4n) is 2.90. The van der Waals surface area contributed by atoms with Crippen molar-refractivity contribution in [3.05, 3.63) is 76.5 Å². The highest BCUT2D eigenvalue weighted by Gasteiger charge is 2.23. The van der Waals surface area contributed by atoms with Crippen LogP contribution in [0.5, 0.6) is 5.75 Å². The van der Waals surface area contributed by atoms with E-state index in [2.05, 4.69) is 61.7 Å². The van der Waals surface area contributed by atoms with Crippen LogP contribution in [0, 0.1) is 0 Å². The third kappa shape index (κ3) is 3.17. The molecule has 3 aromatic rings. The number of anilines is 1. The van der Waals surface area contributed by atoms with Crippen molar-refractivity contribution in [1.82, 2.24) is 14.8 Å². The van der Waals surface area contributed by atoms with Gasteiger partial charge in [-0.1, -0.05) is 28.1 Å². The average Bonchev–Trinajstić information content (AvgIpc) is 3.11. The van der Waals surface area contributed by atoms with Gasteiger partial charge >= 0.3 is 0 Å². The predicted octanol–water partition coefficient (Wildman–Crippen LogP) is 4.50. The maximum absolute atomic E-state index is 5.52. The highest BCUT2D eigenvalue weighted by molar-refractivity contribution is 9.10. The normalized spacial score (nSPS) is 15.9. The van der Waals surface area contributed by atoms with Crippen molar-refractivity contribution in [3.63, 3.8) is 0 Å². The molecule has 0 aliphatic carbocycles. The molecule has 1 aromatic heterocycles. The van der Waals surface area contributed by atoms with Crippen LogP contribution in [-0.2, 0) is 0 Å². The van der Waals surface area contributed by atoms with E-state index in [4.69, 9.17) is 4.74 Å². The van der Waals surface area contributed by atoms with E-state index >= 15 is 0 Å². The van der Waals surface area contributed by atoms with Crippen molar-refractivity contribution in [1.29, 1.82) is 0 Å². The molecule has 0 saturated heterocycles. The van der Waals surface area contributed by atoms with Gasteiger partial charge in [0.2, 0.25) is 5.95 Å². The minimum atomic E-state index is -0.00609. The van der Waals surface area contributed by atoms with E-state index in [9.17, 15) is 0 Å². The Bertz CT molecular complexity index is 900. The fraction of sp³-hybridized carbons (Fsp3) is 0.158. The van der Waals surface area contributed by atoms with Crippen molar-refractivity contribution in [2.45, 2.75) is 13.0 Å². The second-order valence-corrected chi connectivity index (χ2v) is 6.60. The molecule has 2 heterocycles. The Kier molecular flexibility index (Phi) is 4.28. The first-order valence-corrected chi connectivity index (χ1v) is 8.91. The topological polar surface area (TPSA) is 52.0 Å². The number of benzene rings is 2. The first kappa shape index (κ1) is 15.9. The Labute approximate surface area is 154 Å². The van der Waals surface area contributed by atoms with Gasteiger partial charge in [0.15, 0.2) is 0 Å². The largest absolute Gasteiger partial charge is 0.494 e. The molecule has 0 bridgehead atoms. The maximum Gasteiger partial charge on any atom is 0.226 e. The molecule has 25 heavy (non-hydrogen) atoms. The van der Waals surface area contributed by atoms with Crippen LogP contribution in [-0.4, -0.2) is 21.4 Å². The molecule has 1 aliphatic rings. The van der Waals surface area contributed by atoms with Gasteiger partial charge in [-0.3, -0.25) is 0 Å². The van der Waals surface area contributed by atoms with E-state index in [0.717, 1.165) is 33.0 Å². The van der Waals surface area contributed by atoms with E-state index in [1.165, 1.54) is 0 Å². The lowest BCUT2D eigenvalue weighted by atomic mass is 10.0. The summed E-state index contributed by atoms with van der Waals surface area (Å²) in [6, 6.07) is 16.3. The van der Waals surface area contributed by atoms with Gasteiger partial charge in [-0.05, 0) is 60.5 Å². The standard InChI is InChI=1S/C19H17BrN4O/c1-2-25-16-9-5-13(6-10-16)17-11-18(14-3-7-15(20)8-4-14)24-19(23-17)21-12-22-24/h3-12,18H,2H2,1H3,(H,21,22,23). The molecular weight excluding hydrogens is 380 g/mol. The van der Waals surface area contributed by atoms with Gasteiger partial charge in [0.05, 0.1) is 6.61 Å². The lowest BCUT2D eigenvalue weighted by molar-refractivity contribution is 0.340. The molecular formula is C19H17BrN4O. The number of allylic oxidation sites excluding steroid dienone is 1. The molecule has 1 N–H and O–H groups in total. The second-order valence-electron chi connectivity index (χ2n) is 5.69. The summed E-state index contributed by atoms with van der Waals surface area (Å²) < 4.78 is 8.47. The van der Waals surface area contributed by atoms with Gasteiger partial charge in [-0.15, -0.1) is 0 Å². The van der Waals surface area contributed by atoms with Crippen molar-refractivity contribution in [2.75, 3.05) is 11.9 Å². The first-order valence-electron chi connectivity index (χ1n) is 8.11. The molecule has 6 heteroatoms. The fourth-order valence-corrected chi connectivity index (χ4v) is 3.16. The zero-order valence-electron chi connectivity index (χ0n) is 13.7. The SMILES string of the molecule is CCOc1ccc(C2=CC(c3ccc(Br)cc3)n3ncnc3N2)cc1. The Hall–Kier alpha value is -2.60. The van der Waals surface area contributed by atoms with Crippen LogP contribution in [0.3, 0.4) is 0 Å². The molecule has 0 amide bonds. The van der Waals surface area contributed by atoms with Gasteiger partial charge in [-0.25, -0.2) is 4.68 Å². The Morgan fingerprint density at radius 2 is 1.88 bits per heavy atom. The summed E-state index contributed by atoms with van der Waals surface area (Å²) in [5.74, 6) is 1.61. The smallest absolute Gasteiger partial charge is 0.226 e. The molecule has 0 saturated carbocycles. The molecule has 126 valence electrons. The Morgan fingerprint density at radius 3 is 2.60 bits per heavy atom. The zero-order chi connectivity index (χ0) is 17.2. The van der Waals surface area contributed by atoms with Gasteiger partial charge in [0.1, 0.15) is 18.1 Å². The van der Waals surface area contributed by atoms with Crippen LogP contribution in [0.15, 0.2) is 65.4 Å². The number of hydrogen-bond donors (Lipinski definition) is 1. The van der Waals surface area contributed by atoms with E-state index in [1.807, 2.05) is 35.9 Å². The number of nitrogens with one attached hydrogen (secondary N) is 1. The summed E-state index contributed by atoms with van der Waals surface area (Å²) in [6.07, 6.45) is 3.74. The summed E-state index contributed by atoms with van der Waals surface area (Å²) in [4.78, 5) is 4.34. The number of halogens is 1. The van der Waals surface area contributed by atoms with Crippen LogP contribution in [0.2, 0.25) is 0 Å². The summed E-state index contributed by atoms with van der Waals surface area (Å²) >= 11 is 3.49. The summed E-state index contributed by atoms with van der Waals surface area (Å²) in [5.41, 5.74) is 3.25. The number of hydrogen-bond acceptors (Lipinski definition) is 4. The van der Waals surface area contributed by atoms with E-state index < -0.39 is 0 Å².